The van der Waals surface area contributed by atoms with Gasteiger partial charge in [0.2, 0.25) is 0 Å². The van der Waals surface area contributed by atoms with Crippen molar-refractivity contribution in [3.63, 3.8) is 0 Å². The van der Waals surface area contributed by atoms with Crippen LogP contribution >= 0.6 is 0 Å². The highest BCUT2D eigenvalue weighted by atomic mass is 16.5. The van der Waals surface area contributed by atoms with Crippen molar-refractivity contribution < 1.29 is 14.3 Å². The molecule has 0 radical (unpaired) electrons. The fourth-order valence-electron chi connectivity index (χ4n) is 1.80. The Morgan fingerprint density at radius 1 is 1.62 bits per heavy atom. The number of hydrogen-bond acceptors (Lipinski definition) is 3. The number of allylic oxidation sites excluding steroid dienone is 1. The Hall–Kier alpha value is -1.12. The van der Waals surface area contributed by atoms with Crippen LogP contribution in [0.4, 0.5) is 0 Å². The Kier molecular flexibility index (Phi) is 2.86. The molecule has 1 rings (SSSR count). The number of hydrogen-bond donors (Lipinski definition) is 0. The van der Waals surface area contributed by atoms with E-state index in [1.165, 1.54) is 7.11 Å². The molecule has 0 amide bonds. The molecule has 0 saturated heterocycles. The molecule has 1 aliphatic rings. The van der Waals surface area contributed by atoms with Gasteiger partial charge in [-0.2, -0.15) is 0 Å². The van der Waals surface area contributed by atoms with E-state index in [0.29, 0.717) is 6.42 Å². The number of carbonyl (C=O) groups is 2. The van der Waals surface area contributed by atoms with E-state index in [2.05, 4.69) is 11.3 Å². The maximum Gasteiger partial charge on any atom is 0.316 e. The minimum atomic E-state index is -0.595. The zero-order valence-electron chi connectivity index (χ0n) is 8.00. The number of ketones is 1. The van der Waals surface area contributed by atoms with Crippen molar-refractivity contribution in [2.45, 2.75) is 19.8 Å². The quantitative estimate of drug-likeness (QED) is 0.367. The first-order valence-corrected chi connectivity index (χ1v) is 4.34. The fourth-order valence-corrected chi connectivity index (χ4v) is 1.80. The minimum Gasteiger partial charge on any atom is -0.468 e. The number of ether oxygens (including phenoxy) is 1. The zero-order valence-corrected chi connectivity index (χ0v) is 8.00. The van der Waals surface area contributed by atoms with E-state index < -0.39 is 11.9 Å². The molecule has 0 aromatic rings. The average molecular weight is 182 g/mol. The van der Waals surface area contributed by atoms with Crippen molar-refractivity contribution in [1.82, 2.24) is 0 Å². The second-order valence-electron chi connectivity index (χ2n) is 3.46. The fraction of sp³-hybridized carbons (Fsp3) is 0.600. The minimum absolute atomic E-state index is 0.0139. The zero-order chi connectivity index (χ0) is 10.0. The van der Waals surface area contributed by atoms with Crippen molar-refractivity contribution in [3.8, 4) is 0 Å². The summed E-state index contributed by atoms with van der Waals surface area (Å²) in [5.74, 6) is -1.04. The van der Waals surface area contributed by atoms with Gasteiger partial charge in [-0.05, 0) is 19.3 Å². The van der Waals surface area contributed by atoms with Crippen LogP contribution in [-0.2, 0) is 14.3 Å². The Morgan fingerprint density at radius 2 is 2.23 bits per heavy atom. The third-order valence-corrected chi connectivity index (χ3v) is 2.54. The Bertz CT molecular complexity index is 255. The van der Waals surface area contributed by atoms with Gasteiger partial charge >= 0.3 is 5.97 Å². The molecule has 0 bridgehead atoms. The van der Waals surface area contributed by atoms with Gasteiger partial charge in [-0.3, -0.25) is 9.59 Å². The Morgan fingerprint density at radius 3 is 2.69 bits per heavy atom. The molecule has 1 fully saturated rings. The molecule has 0 heterocycles. The van der Waals surface area contributed by atoms with E-state index >= 15 is 0 Å². The molecular formula is C10H14O3. The van der Waals surface area contributed by atoms with Gasteiger partial charge in [-0.25, -0.2) is 0 Å². The Labute approximate surface area is 77.8 Å². The lowest BCUT2D eigenvalue weighted by atomic mass is 9.90. The molecular weight excluding hydrogens is 168 g/mol. The van der Waals surface area contributed by atoms with E-state index in [1.54, 1.807) is 0 Å². The van der Waals surface area contributed by atoms with Gasteiger partial charge in [0.15, 0.2) is 0 Å². The van der Waals surface area contributed by atoms with Gasteiger partial charge in [0.25, 0.3) is 0 Å². The van der Waals surface area contributed by atoms with Crippen LogP contribution in [0.25, 0.3) is 0 Å². The lowest BCUT2D eigenvalue weighted by molar-refractivity contribution is -0.149. The summed E-state index contributed by atoms with van der Waals surface area (Å²) >= 11 is 0. The van der Waals surface area contributed by atoms with Gasteiger partial charge in [0, 0.05) is 6.42 Å². The third-order valence-electron chi connectivity index (χ3n) is 2.54. The van der Waals surface area contributed by atoms with Crippen molar-refractivity contribution in [2.24, 2.45) is 11.8 Å². The molecule has 0 spiro atoms. The lowest BCUT2D eigenvalue weighted by Crippen LogP contribution is -2.26. The Balaban J connectivity index is 2.83. The largest absolute Gasteiger partial charge is 0.468 e. The second kappa shape index (κ2) is 3.73. The molecule has 0 aromatic heterocycles. The highest BCUT2D eigenvalue weighted by Gasteiger charge is 2.40. The molecule has 2 atom stereocenters. The van der Waals surface area contributed by atoms with Gasteiger partial charge in [0.1, 0.15) is 11.7 Å². The summed E-state index contributed by atoms with van der Waals surface area (Å²) in [6.45, 7) is 5.62. The number of carbonyl (C=O) groups excluding carboxylic acids is 2. The van der Waals surface area contributed by atoms with E-state index in [0.717, 1.165) is 12.0 Å². The summed E-state index contributed by atoms with van der Waals surface area (Å²) in [6.07, 6.45) is 1.20. The van der Waals surface area contributed by atoms with Crippen LogP contribution in [0.5, 0.6) is 0 Å². The molecule has 1 saturated carbocycles. The number of esters is 1. The van der Waals surface area contributed by atoms with Crippen LogP contribution in [0.3, 0.4) is 0 Å². The summed E-state index contributed by atoms with van der Waals surface area (Å²) in [5, 5.41) is 0. The highest BCUT2D eigenvalue weighted by Crippen LogP contribution is 2.34. The molecule has 3 nitrogen and oxygen atoms in total. The molecule has 0 aliphatic heterocycles. The standard InChI is InChI=1S/C10H14O3/c1-6(2)7-4-5-8(11)9(7)10(12)13-3/h7,9H,1,4-5H2,2-3H3/t7-,9-/m0/s1. The number of Topliss-reactive ketones (excluding diaryl/α,β-unsaturated/α-hetero) is 1. The van der Waals surface area contributed by atoms with Gasteiger partial charge in [-0.15, -0.1) is 0 Å². The number of methoxy groups -OCH3 is 1. The summed E-state index contributed by atoms with van der Waals surface area (Å²) in [7, 11) is 1.31. The van der Waals surface area contributed by atoms with Gasteiger partial charge in [-0.1, -0.05) is 12.2 Å². The van der Waals surface area contributed by atoms with Crippen LogP contribution in [0, 0.1) is 11.8 Å². The molecule has 72 valence electrons. The monoisotopic (exact) mass is 182 g/mol. The molecule has 0 aromatic carbocycles. The van der Waals surface area contributed by atoms with Crippen molar-refractivity contribution in [1.29, 1.82) is 0 Å². The topological polar surface area (TPSA) is 43.4 Å². The van der Waals surface area contributed by atoms with Crippen LogP contribution in [0.2, 0.25) is 0 Å². The summed E-state index contributed by atoms with van der Waals surface area (Å²) in [6, 6.07) is 0. The average Bonchev–Trinajstić information content (AvgIpc) is 2.46. The third kappa shape index (κ3) is 1.79. The summed E-state index contributed by atoms with van der Waals surface area (Å²) in [4.78, 5) is 22.6. The smallest absolute Gasteiger partial charge is 0.316 e. The maximum absolute atomic E-state index is 11.3. The normalized spacial score (nSPS) is 27.4. The molecule has 1 aliphatic carbocycles. The first-order chi connectivity index (χ1) is 6.07. The SMILES string of the molecule is C=C(C)[C@@H]1CCC(=O)[C@H]1C(=O)OC. The molecule has 13 heavy (non-hydrogen) atoms. The van der Waals surface area contributed by atoms with E-state index in [1.807, 2.05) is 6.92 Å². The van der Waals surface area contributed by atoms with Crippen LogP contribution < -0.4 is 0 Å². The van der Waals surface area contributed by atoms with E-state index in [-0.39, 0.29) is 11.7 Å². The lowest BCUT2D eigenvalue weighted by Gasteiger charge is -2.15. The van der Waals surface area contributed by atoms with Crippen molar-refractivity contribution >= 4 is 11.8 Å². The van der Waals surface area contributed by atoms with Crippen molar-refractivity contribution in [2.75, 3.05) is 7.11 Å². The molecule has 0 N–H and O–H groups in total. The predicted octanol–water partition coefficient (Wildman–Crippen LogP) is 1.33. The molecule has 0 unspecified atom stereocenters. The summed E-state index contributed by atoms with van der Waals surface area (Å²) < 4.78 is 4.58. The predicted molar refractivity (Wildman–Crippen MR) is 48.1 cm³/mol. The molecule has 3 heteroatoms. The maximum atomic E-state index is 11.3. The van der Waals surface area contributed by atoms with E-state index in [4.69, 9.17) is 0 Å². The summed E-state index contributed by atoms with van der Waals surface area (Å²) in [5.41, 5.74) is 0.890. The van der Waals surface area contributed by atoms with Crippen molar-refractivity contribution in [3.05, 3.63) is 12.2 Å². The second-order valence-corrected chi connectivity index (χ2v) is 3.46. The number of rotatable bonds is 2. The van der Waals surface area contributed by atoms with Gasteiger partial charge < -0.3 is 4.74 Å². The van der Waals surface area contributed by atoms with Crippen LogP contribution in [-0.4, -0.2) is 18.9 Å². The first-order valence-electron chi connectivity index (χ1n) is 4.34. The van der Waals surface area contributed by atoms with Crippen LogP contribution in [0.1, 0.15) is 19.8 Å². The first kappa shape index (κ1) is 9.96. The van der Waals surface area contributed by atoms with Crippen LogP contribution in [0.15, 0.2) is 12.2 Å². The van der Waals surface area contributed by atoms with E-state index in [9.17, 15) is 9.59 Å². The van der Waals surface area contributed by atoms with Gasteiger partial charge in [0.05, 0.1) is 7.11 Å². The highest BCUT2D eigenvalue weighted by molar-refractivity contribution is 6.01.